The topological polar surface area (TPSA) is 104 Å². The van der Waals surface area contributed by atoms with E-state index in [1.54, 1.807) is 0 Å². The van der Waals surface area contributed by atoms with Gasteiger partial charge in [0, 0.05) is 11.0 Å². The molecule has 2 aromatic rings. The Hall–Kier alpha value is -2.12. The van der Waals surface area contributed by atoms with Crippen LogP contribution >= 0.6 is 11.6 Å². The minimum Gasteiger partial charge on any atom is -0.366 e. The van der Waals surface area contributed by atoms with Crippen LogP contribution in [0, 0.1) is 11.3 Å². The van der Waals surface area contributed by atoms with Gasteiger partial charge in [-0.05, 0) is 42.5 Å². The molecule has 10 heteroatoms. The first kappa shape index (κ1) is 19.6. The van der Waals surface area contributed by atoms with Crippen LogP contribution in [0.25, 0.3) is 16.2 Å². The van der Waals surface area contributed by atoms with Crippen molar-refractivity contribution in [2.75, 3.05) is 11.9 Å². The Bertz CT molecular complexity index is 846. The summed E-state index contributed by atoms with van der Waals surface area (Å²) in [5.74, 6) is 1.42. The Balaban J connectivity index is 1.85. The third kappa shape index (κ3) is 4.25. The lowest BCUT2D eigenvalue weighted by molar-refractivity contribution is 0.173. The van der Waals surface area contributed by atoms with Crippen LogP contribution in [-0.2, 0) is 0 Å². The maximum atomic E-state index is 14.5. The predicted molar refractivity (Wildman–Crippen MR) is 102 cm³/mol. The van der Waals surface area contributed by atoms with Crippen molar-refractivity contribution < 1.29 is 4.39 Å². The van der Waals surface area contributed by atoms with E-state index in [1.165, 1.54) is 10.8 Å². The summed E-state index contributed by atoms with van der Waals surface area (Å²) in [5.41, 5.74) is 8.73. The van der Waals surface area contributed by atoms with Gasteiger partial charge in [0.1, 0.15) is 23.2 Å². The van der Waals surface area contributed by atoms with Crippen molar-refractivity contribution in [1.29, 1.82) is 0 Å². The summed E-state index contributed by atoms with van der Waals surface area (Å²) in [6.45, 7) is 6.47. The first-order valence-corrected chi connectivity index (χ1v) is 9.49. The van der Waals surface area contributed by atoms with Crippen LogP contribution in [0.15, 0.2) is 11.4 Å². The molecular weight excluding hydrogens is 371 g/mol. The Morgan fingerprint density at radius 3 is 2.74 bits per heavy atom. The SMILES string of the molecule is CC(C)(C)C1CCC(Nc2c(Cl)c(C(F)CN=[N+]=[N-])nc3ncnn23)CC1. The molecule has 0 saturated heterocycles. The van der Waals surface area contributed by atoms with Crippen molar-refractivity contribution in [1.82, 2.24) is 19.6 Å². The van der Waals surface area contributed by atoms with Gasteiger partial charge in [0.2, 0.25) is 0 Å². The summed E-state index contributed by atoms with van der Waals surface area (Å²) >= 11 is 6.45. The minimum atomic E-state index is -1.60. The second kappa shape index (κ2) is 7.86. The van der Waals surface area contributed by atoms with E-state index in [1.807, 2.05) is 0 Å². The molecule has 27 heavy (non-hydrogen) atoms. The van der Waals surface area contributed by atoms with E-state index in [-0.39, 0.29) is 29.1 Å². The zero-order valence-corrected chi connectivity index (χ0v) is 16.5. The van der Waals surface area contributed by atoms with Gasteiger partial charge >= 0.3 is 0 Å². The van der Waals surface area contributed by atoms with Crippen LogP contribution in [-0.4, -0.2) is 32.2 Å². The second-order valence-corrected chi connectivity index (χ2v) is 8.45. The predicted octanol–water partition coefficient (Wildman–Crippen LogP) is 5.12. The van der Waals surface area contributed by atoms with Crippen molar-refractivity contribution in [3.05, 3.63) is 27.5 Å². The normalized spacial score (nSPS) is 21.7. The van der Waals surface area contributed by atoms with E-state index in [2.05, 4.69) is 51.2 Å². The Morgan fingerprint density at radius 2 is 2.11 bits per heavy atom. The summed E-state index contributed by atoms with van der Waals surface area (Å²) < 4.78 is 15.9. The van der Waals surface area contributed by atoms with Gasteiger partial charge in [0.25, 0.3) is 5.78 Å². The number of azide groups is 1. The van der Waals surface area contributed by atoms with Crippen LogP contribution in [0.1, 0.15) is 58.3 Å². The average molecular weight is 395 g/mol. The second-order valence-electron chi connectivity index (χ2n) is 8.07. The molecule has 1 aliphatic carbocycles. The van der Waals surface area contributed by atoms with Gasteiger partial charge in [-0.3, -0.25) is 0 Å². The number of hydrogen-bond donors (Lipinski definition) is 1. The molecular formula is C17H24ClFN8. The summed E-state index contributed by atoms with van der Waals surface area (Å²) in [7, 11) is 0. The summed E-state index contributed by atoms with van der Waals surface area (Å²) in [6, 6.07) is 0.221. The van der Waals surface area contributed by atoms with E-state index in [9.17, 15) is 4.39 Å². The Morgan fingerprint density at radius 1 is 1.41 bits per heavy atom. The third-order valence-corrected chi connectivity index (χ3v) is 5.66. The number of nitrogens with one attached hydrogen (secondary N) is 1. The monoisotopic (exact) mass is 394 g/mol. The number of aromatic nitrogens is 4. The van der Waals surface area contributed by atoms with Gasteiger partial charge in [-0.25, -0.2) is 9.37 Å². The number of hydrogen-bond acceptors (Lipinski definition) is 5. The van der Waals surface area contributed by atoms with Crippen molar-refractivity contribution in [2.24, 2.45) is 16.4 Å². The fraction of sp³-hybridized carbons (Fsp3) is 0.706. The van der Waals surface area contributed by atoms with Crippen molar-refractivity contribution in [3.63, 3.8) is 0 Å². The summed E-state index contributed by atoms with van der Waals surface area (Å²) in [6.07, 6.45) is 4.01. The van der Waals surface area contributed by atoms with Crippen molar-refractivity contribution in [2.45, 2.75) is 58.7 Å². The molecule has 1 unspecified atom stereocenters. The lowest BCUT2D eigenvalue weighted by atomic mass is 9.71. The molecule has 0 aromatic carbocycles. The molecule has 8 nitrogen and oxygen atoms in total. The largest absolute Gasteiger partial charge is 0.366 e. The fourth-order valence-corrected chi connectivity index (χ4v) is 3.96. The number of nitrogens with zero attached hydrogens (tertiary/aromatic N) is 7. The highest BCUT2D eigenvalue weighted by Crippen LogP contribution is 2.39. The lowest BCUT2D eigenvalue weighted by Crippen LogP contribution is -2.32. The molecule has 1 aliphatic rings. The van der Waals surface area contributed by atoms with Gasteiger partial charge in [0.15, 0.2) is 5.82 Å². The minimum absolute atomic E-state index is 0.00967. The van der Waals surface area contributed by atoms with E-state index in [0.29, 0.717) is 17.2 Å². The first-order valence-electron chi connectivity index (χ1n) is 9.12. The van der Waals surface area contributed by atoms with Crippen LogP contribution in [0.3, 0.4) is 0 Å². The van der Waals surface area contributed by atoms with Crippen LogP contribution in [0.5, 0.6) is 0 Å². The molecule has 1 atom stereocenters. The lowest BCUT2D eigenvalue weighted by Gasteiger charge is -2.37. The third-order valence-electron chi connectivity index (χ3n) is 5.29. The smallest absolute Gasteiger partial charge is 0.254 e. The number of alkyl halides is 1. The van der Waals surface area contributed by atoms with Gasteiger partial charge in [-0.15, -0.1) is 0 Å². The Kier molecular flexibility index (Phi) is 5.72. The molecule has 146 valence electrons. The van der Waals surface area contributed by atoms with Gasteiger partial charge in [-0.1, -0.05) is 37.5 Å². The number of rotatable bonds is 5. The number of anilines is 1. The molecule has 2 aromatic heterocycles. The first-order chi connectivity index (χ1) is 12.8. The molecule has 1 fully saturated rings. The highest BCUT2D eigenvalue weighted by atomic mass is 35.5. The van der Waals surface area contributed by atoms with Crippen molar-refractivity contribution >= 4 is 23.2 Å². The number of halogens is 2. The molecule has 0 amide bonds. The fourth-order valence-electron chi connectivity index (χ4n) is 3.66. The highest BCUT2D eigenvalue weighted by molar-refractivity contribution is 6.33. The van der Waals surface area contributed by atoms with E-state index in [0.717, 1.165) is 25.7 Å². The van der Waals surface area contributed by atoms with Crippen LogP contribution in [0.2, 0.25) is 5.02 Å². The van der Waals surface area contributed by atoms with Crippen LogP contribution < -0.4 is 5.32 Å². The average Bonchev–Trinajstić information content (AvgIpc) is 3.10. The highest BCUT2D eigenvalue weighted by Gasteiger charge is 2.31. The zero-order valence-electron chi connectivity index (χ0n) is 15.7. The molecule has 0 spiro atoms. The molecule has 1 N–H and O–H groups in total. The Labute approximate surface area is 162 Å². The quantitative estimate of drug-likeness (QED) is 0.431. The zero-order chi connectivity index (χ0) is 19.6. The molecule has 1 saturated carbocycles. The molecule has 2 heterocycles. The van der Waals surface area contributed by atoms with E-state index in [4.69, 9.17) is 17.1 Å². The summed E-state index contributed by atoms with van der Waals surface area (Å²) in [4.78, 5) is 10.8. The molecule has 3 rings (SSSR count). The van der Waals surface area contributed by atoms with Gasteiger partial charge < -0.3 is 5.32 Å². The van der Waals surface area contributed by atoms with Crippen molar-refractivity contribution in [3.8, 4) is 0 Å². The maximum absolute atomic E-state index is 14.5. The standard InChI is InChI=1S/C17H24ClFN8/c1-17(2,3)10-4-6-11(7-5-10)24-15-13(18)14(12(19)8-22-26-20)25-16-21-9-23-27(15)16/h9-12,24H,4-8H2,1-3H3. The molecule has 0 radical (unpaired) electrons. The molecule has 0 aliphatic heterocycles. The maximum Gasteiger partial charge on any atom is 0.254 e. The van der Waals surface area contributed by atoms with E-state index >= 15 is 0 Å². The van der Waals surface area contributed by atoms with Crippen LogP contribution in [0.4, 0.5) is 10.2 Å². The number of fused-ring (bicyclic) bond motifs is 1. The van der Waals surface area contributed by atoms with Gasteiger partial charge in [0.05, 0.1) is 6.54 Å². The summed E-state index contributed by atoms with van der Waals surface area (Å²) in [5, 5.41) is 11.0. The van der Waals surface area contributed by atoms with E-state index < -0.39 is 6.17 Å². The molecule has 0 bridgehead atoms. The van der Waals surface area contributed by atoms with Gasteiger partial charge in [-0.2, -0.15) is 14.6 Å².